The SMILES string of the molecule is O=C(CCn1c(-c2cccs2)n[nH]c1=S)NCCc1ccc2c(c1)OCCO2. The van der Waals surface area contributed by atoms with E-state index in [4.69, 9.17) is 21.7 Å². The number of aromatic nitrogens is 3. The molecule has 7 nitrogen and oxygen atoms in total. The highest BCUT2D eigenvalue weighted by atomic mass is 32.1. The van der Waals surface area contributed by atoms with Crippen molar-refractivity contribution in [3.05, 3.63) is 46.0 Å². The molecule has 1 aliphatic heterocycles. The van der Waals surface area contributed by atoms with E-state index >= 15 is 0 Å². The van der Waals surface area contributed by atoms with Gasteiger partial charge in [0, 0.05) is 19.5 Å². The summed E-state index contributed by atoms with van der Waals surface area (Å²) < 4.78 is 13.5. The molecular formula is C19H20N4O3S2. The fourth-order valence-electron chi connectivity index (χ4n) is 3.01. The van der Waals surface area contributed by atoms with Gasteiger partial charge in [-0.25, -0.2) is 0 Å². The van der Waals surface area contributed by atoms with Gasteiger partial charge in [0.15, 0.2) is 22.1 Å². The van der Waals surface area contributed by atoms with Crippen molar-refractivity contribution in [2.75, 3.05) is 19.8 Å². The van der Waals surface area contributed by atoms with Crippen molar-refractivity contribution in [2.24, 2.45) is 0 Å². The van der Waals surface area contributed by atoms with E-state index in [0.717, 1.165) is 34.2 Å². The van der Waals surface area contributed by atoms with Crippen molar-refractivity contribution in [1.29, 1.82) is 0 Å². The first kappa shape index (κ1) is 18.7. The molecule has 3 aromatic rings. The highest BCUT2D eigenvalue weighted by Gasteiger charge is 2.13. The van der Waals surface area contributed by atoms with Gasteiger partial charge in [0.05, 0.1) is 4.88 Å². The summed E-state index contributed by atoms with van der Waals surface area (Å²) in [6.07, 6.45) is 1.07. The first-order chi connectivity index (χ1) is 13.7. The molecule has 0 unspecified atom stereocenters. The highest BCUT2D eigenvalue weighted by Crippen LogP contribution is 2.30. The van der Waals surface area contributed by atoms with Crippen LogP contribution < -0.4 is 14.8 Å². The van der Waals surface area contributed by atoms with Crippen LogP contribution in [0.3, 0.4) is 0 Å². The van der Waals surface area contributed by atoms with E-state index < -0.39 is 0 Å². The minimum absolute atomic E-state index is 0.0160. The smallest absolute Gasteiger partial charge is 0.221 e. The third kappa shape index (κ3) is 4.26. The van der Waals surface area contributed by atoms with Crippen LogP contribution in [0.25, 0.3) is 10.7 Å². The zero-order chi connectivity index (χ0) is 19.3. The number of carbonyl (C=O) groups excluding carboxylic acids is 1. The molecule has 1 aliphatic rings. The van der Waals surface area contributed by atoms with Crippen LogP contribution in [0.5, 0.6) is 11.5 Å². The summed E-state index contributed by atoms with van der Waals surface area (Å²) in [5.74, 6) is 2.30. The van der Waals surface area contributed by atoms with E-state index in [1.165, 1.54) is 0 Å². The number of hydrogen-bond acceptors (Lipinski definition) is 6. The number of ether oxygens (including phenoxy) is 2. The molecule has 0 radical (unpaired) electrons. The number of aromatic amines is 1. The first-order valence-electron chi connectivity index (χ1n) is 9.05. The molecule has 0 atom stereocenters. The molecule has 0 bridgehead atoms. The lowest BCUT2D eigenvalue weighted by Gasteiger charge is -2.18. The van der Waals surface area contributed by atoms with Gasteiger partial charge < -0.3 is 14.8 Å². The van der Waals surface area contributed by atoms with E-state index in [2.05, 4.69) is 15.5 Å². The van der Waals surface area contributed by atoms with Crippen molar-refractivity contribution in [3.8, 4) is 22.2 Å². The number of carbonyl (C=O) groups is 1. The monoisotopic (exact) mass is 416 g/mol. The van der Waals surface area contributed by atoms with Gasteiger partial charge in [-0.2, -0.15) is 5.10 Å². The van der Waals surface area contributed by atoms with Gasteiger partial charge in [-0.15, -0.1) is 11.3 Å². The molecule has 0 saturated heterocycles. The molecule has 4 rings (SSSR count). The Kier molecular flexibility index (Phi) is 5.73. The lowest BCUT2D eigenvalue weighted by molar-refractivity contribution is -0.121. The summed E-state index contributed by atoms with van der Waals surface area (Å²) in [6, 6.07) is 9.83. The summed E-state index contributed by atoms with van der Waals surface area (Å²) in [7, 11) is 0. The zero-order valence-electron chi connectivity index (χ0n) is 15.1. The van der Waals surface area contributed by atoms with E-state index in [0.29, 0.717) is 37.5 Å². The number of hydrogen-bond donors (Lipinski definition) is 2. The Balaban J connectivity index is 1.28. The van der Waals surface area contributed by atoms with Gasteiger partial charge in [-0.1, -0.05) is 12.1 Å². The molecular weight excluding hydrogens is 396 g/mol. The van der Waals surface area contributed by atoms with E-state index in [1.807, 2.05) is 40.3 Å². The zero-order valence-corrected chi connectivity index (χ0v) is 16.8. The molecule has 0 aliphatic carbocycles. The van der Waals surface area contributed by atoms with Crippen LogP contribution in [0.15, 0.2) is 35.7 Å². The molecule has 0 spiro atoms. The number of benzene rings is 1. The molecule has 0 saturated carbocycles. The lowest BCUT2D eigenvalue weighted by atomic mass is 10.1. The van der Waals surface area contributed by atoms with Crippen LogP contribution in [-0.4, -0.2) is 40.4 Å². The van der Waals surface area contributed by atoms with Crippen LogP contribution in [0.2, 0.25) is 0 Å². The number of H-pyrrole nitrogens is 1. The predicted octanol–water partition coefficient (Wildman–Crippen LogP) is 3.19. The van der Waals surface area contributed by atoms with E-state index in [1.54, 1.807) is 11.3 Å². The number of rotatable bonds is 7. The molecule has 2 N–H and O–H groups in total. The van der Waals surface area contributed by atoms with Gasteiger partial charge in [0.25, 0.3) is 0 Å². The minimum atomic E-state index is -0.0160. The van der Waals surface area contributed by atoms with Crippen molar-refractivity contribution >= 4 is 29.5 Å². The minimum Gasteiger partial charge on any atom is -0.486 e. The Bertz CT molecular complexity index is 1010. The maximum absolute atomic E-state index is 12.2. The number of thiophene rings is 1. The number of amides is 1. The van der Waals surface area contributed by atoms with Crippen LogP contribution in [0, 0.1) is 4.77 Å². The Morgan fingerprint density at radius 1 is 1.29 bits per heavy atom. The molecule has 3 heterocycles. The summed E-state index contributed by atoms with van der Waals surface area (Å²) in [6.45, 7) is 2.19. The quantitative estimate of drug-likeness (QED) is 0.578. The Morgan fingerprint density at radius 2 is 2.14 bits per heavy atom. The largest absolute Gasteiger partial charge is 0.486 e. The molecule has 9 heteroatoms. The van der Waals surface area contributed by atoms with Crippen LogP contribution in [0.1, 0.15) is 12.0 Å². The maximum atomic E-state index is 12.2. The third-order valence-electron chi connectivity index (χ3n) is 4.40. The molecule has 2 aromatic heterocycles. The first-order valence-corrected chi connectivity index (χ1v) is 10.3. The van der Waals surface area contributed by atoms with Crippen molar-refractivity contribution in [1.82, 2.24) is 20.1 Å². The standard InChI is InChI=1S/C19H20N4O3S2/c24-17(6-8-23-18(21-22-19(23)27)16-2-1-11-28-16)20-7-5-13-3-4-14-15(12-13)26-10-9-25-14/h1-4,11-12H,5-10H2,(H,20,24)(H,22,27). The van der Waals surface area contributed by atoms with Gasteiger partial charge in [-0.05, 0) is 47.8 Å². The maximum Gasteiger partial charge on any atom is 0.221 e. The summed E-state index contributed by atoms with van der Waals surface area (Å²) >= 11 is 6.88. The predicted molar refractivity (Wildman–Crippen MR) is 109 cm³/mol. The highest BCUT2D eigenvalue weighted by molar-refractivity contribution is 7.71. The Morgan fingerprint density at radius 3 is 2.96 bits per heavy atom. The normalized spacial score (nSPS) is 12.7. The average Bonchev–Trinajstić information content (AvgIpc) is 3.36. The molecule has 28 heavy (non-hydrogen) atoms. The second-order valence-corrected chi connectivity index (χ2v) is 7.64. The summed E-state index contributed by atoms with van der Waals surface area (Å²) in [5.41, 5.74) is 1.10. The Hall–Kier alpha value is -2.65. The third-order valence-corrected chi connectivity index (χ3v) is 5.58. The van der Waals surface area contributed by atoms with Gasteiger partial charge >= 0.3 is 0 Å². The van der Waals surface area contributed by atoms with Gasteiger partial charge in [0.1, 0.15) is 13.2 Å². The molecule has 146 valence electrons. The number of fused-ring (bicyclic) bond motifs is 1. The van der Waals surface area contributed by atoms with Crippen molar-refractivity contribution in [3.63, 3.8) is 0 Å². The van der Waals surface area contributed by atoms with Gasteiger partial charge in [-0.3, -0.25) is 14.5 Å². The Labute approximate surface area is 171 Å². The molecule has 1 amide bonds. The van der Waals surface area contributed by atoms with Crippen LogP contribution in [0.4, 0.5) is 0 Å². The number of nitrogens with zero attached hydrogens (tertiary/aromatic N) is 2. The molecule has 1 aromatic carbocycles. The van der Waals surface area contributed by atoms with E-state index in [-0.39, 0.29) is 5.91 Å². The second kappa shape index (κ2) is 8.57. The topological polar surface area (TPSA) is 81.2 Å². The summed E-state index contributed by atoms with van der Waals surface area (Å²) in [5, 5.41) is 12.0. The van der Waals surface area contributed by atoms with E-state index in [9.17, 15) is 4.79 Å². The second-order valence-electron chi connectivity index (χ2n) is 6.31. The fourth-order valence-corrected chi connectivity index (χ4v) is 3.96. The summed E-state index contributed by atoms with van der Waals surface area (Å²) in [4.78, 5) is 13.3. The van der Waals surface area contributed by atoms with Crippen LogP contribution >= 0.6 is 23.6 Å². The van der Waals surface area contributed by atoms with Gasteiger partial charge in [0.2, 0.25) is 5.91 Å². The molecule has 0 fully saturated rings. The van der Waals surface area contributed by atoms with Crippen LogP contribution in [-0.2, 0) is 17.8 Å². The van der Waals surface area contributed by atoms with Crippen molar-refractivity contribution in [2.45, 2.75) is 19.4 Å². The fraction of sp³-hybridized carbons (Fsp3) is 0.316. The lowest BCUT2D eigenvalue weighted by Crippen LogP contribution is -2.26. The van der Waals surface area contributed by atoms with Crippen molar-refractivity contribution < 1.29 is 14.3 Å². The average molecular weight is 417 g/mol. The number of nitrogens with one attached hydrogen (secondary N) is 2.